The average molecular weight is 247 g/mol. The maximum Gasteiger partial charge on any atom is 0.118 e. The second-order valence-electron chi connectivity index (χ2n) is 5.29. The fourth-order valence-electron chi connectivity index (χ4n) is 2.69. The van der Waals surface area contributed by atoms with Gasteiger partial charge in [0.05, 0.1) is 7.11 Å². The van der Waals surface area contributed by atoms with Gasteiger partial charge in [-0.05, 0) is 42.9 Å². The van der Waals surface area contributed by atoms with Crippen LogP contribution in [0.5, 0.6) is 5.75 Å². The Morgan fingerprint density at radius 1 is 1.28 bits per heavy atom. The number of ether oxygens (including phenoxy) is 1. The average Bonchev–Trinajstić information content (AvgIpc) is 3.15. The van der Waals surface area contributed by atoms with Gasteiger partial charge in [0, 0.05) is 12.1 Å². The molecule has 0 bridgehead atoms. The van der Waals surface area contributed by atoms with Gasteiger partial charge in [0.1, 0.15) is 5.75 Å². The van der Waals surface area contributed by atoms with Crippen molar-refractivity contribution in [2.45, 2.75) is 51.6 Å². The lowest BCUT2D eigenvalue weighted by Crippen LogP contribution is -2.24. The number of hydrogen-bond acceptors (Lipinski definition) is 2. The first-order chi connectivity index (χ1) is 8.78. The summed E-state index contributed by atoms with van der Waals surface area (Å²) in [5, 5.41) is 3.79. The summed E-state index contributed by atoms with van der Waals surface area (Å²) in [6.45, 7) is 4.52. The second kappa shape index (κ2) is 6.24. The molecule has 1 aromatic carbocycles. The highest BCUT2D eigenvalue weighted by Gasteiger charge is 2.36. The van der Waals surface area contributed by atoms with Crippen molar-refractivity contribution in [1.82, 2.24) is 5.32 Å². The summed E-state index contributed by atoms with van der Waals surface area (Å²) in [6.07, 6.45) is 5.18. The van der Waals surface area contributed by atoms with Gasteiger partial charge in [0.15, 0.2) is 0 Å². The Morgan fingerprint density at radius 3 is 2.56 bits per heavy atom. The van der Waals surface area contributed by atoms with Crippen LogP contribution in [0.4, 0.5) is 0 Å². The quantitative estimate of drug-likeness (QED) is 0.788. The minimum Gasteiger partial charge on any atom is -0.497 e. The number of methoxy groups -OCH3 is 1. The zero-order valence-corrected chi connectivity index (χ0v) is 11.8. The third-order valence-electron chi connectivity index (χ3n) is 3.92. The molecule has 0 aromatic heterocycles. The molecule has 2 nitrogen and oxygen atoms in total. The third-order valence-corrected chi connectivity index (χ3v) is 3.92. The summed E-state index contributed by atoms with van der Waals surface area (Å²) in [5.74, 6) is 1.85. The van der Waals surface area contributed by atoms with Crippen molar-refractivity contribution < 1.29 is 4.74 Å². The van der Waals surface area contributed by atoms with Crippen LogP contribution < -0.4 is 10.1 Å². The van der Waals surface area contributed by atoms with Gasteiger partial charge in [-0.3, -0.25) is 0 Å². The predicted molar refractivity (Wildman–Crippen MR) is 76.0 cm³/mol. The van der Waals surface area contributed by atoms with Gasteiger partial charge in [-0.15, -0.1) is 0 Å². The first-order valence-corrected chi connectivity index (χ1v) is 7.18. The van der Waals surface area contributed by atoms with E-state index in [9.17, 15) is 0 Å². The van der Waals surface area contributed by atoms with Gasteiger partial charge in [0.25, 0.3) is 0 Å². The lowest BCUT2D eigenvalue weighted by molar-refractivity contribution is 0.414. The SMILES string of the molecule is CCCC1CC1NC(CC)c1ccc(OC)cc1. The van der Waals surface area contributed by atoms with E-state index in [0.717, 1.165) is 24.1 Å². The van der Waals surface area contributed by atoms with Crippen molar-refractivity contribution in [3.05, 3.63) is 29.8 Å². The normalized spacial score (nSPS) is 23.7. The van der Waals surface area contributed by atoms with Crippen molar-refractivity contribution in [2.75, 3.05) is 7.11 Å². The molecule has 1 aromatic rings. The van der Waals surface area contributed by atoms with Crippen LogP contribution in [0.15, 0.2) is 24.3 Å². The molecule has 18 heavy (non-hydrogen) atoms. The maximum absolute atomic E-state index is 5.20. The molecule has 1 fully saturated rings. The molecular formula is C16H25NO. The summed E-state index contributed by atoms with van der Waals surface area (Å²) in [7, 11) is 1.71. The fourth-order valence-corrected chi connectivity index (χ4v) is 2.69. The Bertz CT molecular complexity index is 360. The highest BCUT2D eigenvalue weighted by molar-refractivity contribution is 5.29. The first-order valence-electron chi connectivity index (χ1n) is 7.18. The van der Waals surface area contributed by atoms with E-state index < -0.39 is 0 Å². The summed E-state index contributed by atoms with van der Waals surface area (Å²) < 4.78 is 5.20. The molecule has 0 radical (unpaired) electrons. The molecule has 2 rings (SSSR count). The summed E-state index contributed by atoms with van der Waals surface area (Å²) in [5.41, 5.74) is 1.38. The molecule has 1 saturated carbocycles. The van der Waals surface area contributed by atoms with E-state index in [1.165, 1.54) is 24.8 Å². The molecule has 3 atom stereocenters. The minimum atomic E-state index is 0.489. The van der Waals surface area contributed by atoms with E-state index >= 15 is 0 Å². The molecule has 0 spiro atoms. The van der Waals surface area contributed by atoms with Crippen LogP contribution in [0.25, 0.3) is 0 Å². The van der Waals surface area contributed by atoms with E-state index in [0.29, 0.717) is 6.04 Å². The maximum atomic E-state index is 5.20. The molecule has 0 heterocycles. The van der Waals surface area contributed by atoms with Crippen LogP contribution in [-0.2, 0) is 0 Å². The standard InChI is InChI=1S/C16H25NO/c1-4-6-13-11-16(13)17-15(5-2)12-7-9-14(18-3)10-8-12/h7-10,13,15-17H,4-6,11H2,1-3H3. The summed E-state index contributed by atoms with van der Waals surface area (Å²) in [4.78, 5) is 0. The topological polar surface area (TPSA) is 21.3 Å². The summed E-state index contributed by atoms with van der Waals surface area (Å²) >= 11 is 0. The Hall–Kier alpha value is -1.02. The van der Waals surface area contributed by atoms with E-state index in [1.54, 1.807) is 7.11 Å². The number of nitrogens with one attached hydrogen (secondary N) is 1. The molecule has 0 aliphatic heterocycles. The second-order valence-corrected chi connectivity index (χ2v) is 5.29. The van der Waals surface area contributed by atoms with E-state index in [1.807, 2.05) is 0 Å². The smallest absolute Gasteiger partial charge is 0.118 e. The number of benzene rings is 1. The fraction of sp³-hybridized carbons (Fsp3) is 0.625. The van der Waals surface area contributed by atoms with Gasteiger partial charge >= 0.3 is 0 Å². The largest absolute Gasteiger partial charge is 0.497 e. The minimum absolute atomic E-state index is 0.489. The van der Waals surface area contributed by atoms with E-state index in [-0.39, 0.29) is 0 Å². The molecule has 2 heteroatoms. The van der Waals surface area contributed by atoms with Gasteiger partial charge in [-0.25, -0.2) is 0 Å². The molecule has 1 aliphatic rings. The van der Waals surface area contributed by atoms with Gasteiger partial charge in [0.2, 0.25) is 0 Å². The Morgan fingerprint density at radius 2 is 2.00 bits per heavy atom. The zero-order chi connectivity index (χ0) is 13.0. The molecule has 100 valence electrons. The van der Waals surface area contributed by atoms with Crippen molar-refractivity contribution in [1.29, 1.82) is 0 Å². The molecule has 3 unspecified atom stereocenters. The predicted octanol–water partition coefficient (Wildman–Crippen LogP) is 3.92. The van der Waals surface area contributed by atoms with Crippen molar-refractivity contribution in [2.24, 2.45) is 5.92 Å². The van der Waals surface area contributed by atoms with Crippen LogP contribution in [0.2, 0.25) is 0 Å². The van der Waals surface area contributed by atoms with Crippen LogP contribution in [0.3, 0.4) is 0 Å². The monoisotopic (exact) mass is 247 g/mol. The number of hydrogen-bond donors (Lipinski definition) is 1. The molecule has 0 saturated heterocycles. The number of rotatable bonds is 7. The Kier molecular flexibility index (Phi) is 4.65. The highest BCUT2D eigenvalue weighted by atomic mass is 16.5. The Labute approximate surface area is 111 Å². The Balaban J connectivity index is 1.91. The van der Waals surface area contributed by atoms with Crippen LogP contribution in [0, 0.1) is 5.92 Å². The van der Waals surface area contributed by atoms with Crippen molar-refractivity contribution in [3.8, 4) is 5.75 Å². The van der Waals surface area contributed by atoms with Crippen molar-refractivity contribution >= 4 is 0 Å². The van der Waals surface area contributed by atoms with Crippen molar-refractivity contribution in [3.63, 3.8) is 0 Å². The lowest BCUT2D eigenvalue weighted by Gasteiger charge is -2.18. The van der Waals surface area contributed by atoms with E-state index in [4.69, 9.17) is 4.74 Å². The zero-order valence-electron chi connectivity index (χ0n) is 11.8. The van der Waals surface area contributed by atoms with Crippen LogP contribution >= 0.6 is 0 Å². The van der Waals surface area contributed by atoms with Gasteiger partial charge < -0.3 is 10.1 Å². The highest BCUT2D eigenvalue weighted by Crippen LogP contribution is 2.37. The van der Waals surface area contributed by atoms with Gasteiger partial charge in [-0.1, -0.05) is 32.4 Å². The van der Waals surface area contributed by atoms with Crippen LogP contribution in [0.1, 0.15) is 51.1 Å². The third kappa shape index (κ3) is 3.26. The van der Waals surface area contributed by atoms with Gasteiger partial charge in [-0.2, -0.15) is 0 Å². The molecule has 1 N–H and O–H groups in total. The molecular weight excluding hydrogens is 222 g/mol. The summed E-state index contributed by atoms with van der Waals surface area (Å²) in [6, 6.07) is 9.69. The van der Waals surface area contributed by atoms with E-state index in [2.05, 4.69) is 43.4 Å². The van der Waals surface area contributed by atoms with Crippen LogP contribution in [-0.4, -0.2) is 13.2 Å². The molecule has 0 amide bonds. The lowest BCUT2D eigenvalue weighted by atomic mass is 10.0. The first kappa shape index (κ1) is 13.4. The molecule has 1 aliphatic carbocycles.